The molecule has 0 unspecified atom stereocenters. The summed E-state index contributed by atoms with van der Waals surface area (Å²) >= 11 is 0. The van der Waals surface area contributed by atoms with E-state index in [0.29, 0.717) is 35.7 Å². The third kappa shape index (κ3) is 5.70. The SMILES string of the molecule is CCn1c(=O)c(-c2ccc(-c3ccc(C)nc3)cc2)cc2cnc(Nc3ccc(C4CCN(C(C)C)CC4)cc3)nc21. The molecule has 1 aliphatic heterocycles. The first-order valence-electron chi connectivity index (χ1n) is 14.9. The molecule has 214 valence electrons. The average molecular weight is 559 g/mol. The zero-order valence-electron chi connectivity index (χ0n) is 24.8. The van der Waals surface area contributed by atoms with Gasteiger partial charge in [-0.15, -0.1) is 0 Å². The summed E-state index contributed by atoms with van der Waals surface area (Å²) < 4.78 is 1.72. The van der Waals surface area contributed by atoms with Crippen LogP contribution in [0.15, 0.2) is 83.9 Å². The number of fused-ring (bicyclic) bond motifs is 1. The molecular formula is C35H38N6O. The second kappa shape index (κ2) is 11.9. The van der Waals surface area contributed by atoms with Crippen LogP contribution >= 0.6 is 0 Å². The van der Waals surface area contributed by atoms with Gasteiger partial charge in [0.1, 0.15) is 5.65 Å². The van der Waals surface area contributed by atoms with E-state index in [1.807, 2.05) is 56.4 Å². The van der Waals surface area contributed by atoms with Crippen LogP contribution in [0.1, 0.15) is 50.8 Å². The van der Waals surface area contributed by atoms with Crippen molar-refractivity contribution in [1.29, 1.82) is 0 Å². The molecule has 0 atom stereocenters. The van der Waals surface area contributed by atoms with Gasteiger partial charge >= 0.3 is 0 Å². The minimum atomic E-state index is -0.0627. The molecule has 1 aliphatic rings. The molecule has 2 aromatic carbocycles. The van der Waals surface area contributed by atoms with Crippen LogP contribution in [-0.2, 0) is 6.54 Å². The van der Waals surface area contributed by atoms with Crippen LogP contribution in [0, 0.1) is 6.92 Å². The highest BCUT2D eigenvalue weighted by atomic mass is 16.1. The van der Waals surface area contributed by atoms with Crippen molar-refractivity contribution in [1.82, 2.24) is 24.4 Å². The predicted octanol–water partition coefficient (Wildman–Crippen LogP) is 7.18. The molecule has 0 radical (unpaired) electrons. The topological polar surface area (TPSA) is 75.9 Å². The fourth-order valence-corrected chi connectivity index (χ4v) is 5.92. The quantitative estimate of drug-likeness (QED) is 0.228. The molecule has 0 aliphatic carbocycles. The summed E-state index contributed by atoms with van der Waals surface area (Å²) in [5.41, 5.74) is 7.48. The summed E-state index contributed by atoms with van der Waals surface area (Å²) in [5, 5.41) is 4.17. The molecule has 0 amide bonds. The molecule has 4 heterocycles. The van der Waals surface area contributed by atoms with E-state index in [2.05, 4.69) is 64.4 Å². The van der Waals surface area contributed by atoms with Crippen LogP contribution in [0.3, 0.4) is 0 Å². The van der Waals surface area contributed by atoms with Crippen molar-refractivity contribution in [2.45, 2.75) is 59.0 Å². The third-order valence-electron chi connectivity index (χ3n) is 8.48. The van der Waals surface area contributed by atoms with Gasteiger partial charge in [0.25, 0.3) is 5.56 Å². The Labute approximate surface area is 247 Å². The van der Waals surface area contributed by atoms with Crippen molar-refractivity contribution >= 4 is 22.7 Å². The van der Waals surface area contributed by atoms with Crippen LogP contribution in [-0.4, -0.2) is 43.6 Å². The lowest BCUT2D eigenvalue weighted by Crippen LogP contribution is -2.37. The summed E-state index contributed by atoms with van der Waals surface area (Å²) in [5.74, 6) is 1.08. The van der Waals surface area contributed by atoms with Crippen LogP contribution in [0.25, 0.3) is 33.3 Å². The molecule has 0 spiro atoms. The second-order valence-corrected chi connectivity index (χ2v) is 11.5. The van der Waals surface area contributed by atoms with Gasteiger partial charge in [-0.3, -0.25) is 14.3 Å². The highest BCUT2D eigenvalue weighted by Gasteiger charge is 2.22. The normalized spacial score (nSPS) is 14.5. The van der Waals surface area contributed by atoms with E-state index in [-0.39, 0.29) is 5.56 Å². The lowest BCUT2D eigenvalue weighted by molar-refractivity contribution is 0.172. The summed E-state index contributed by atoms with van der Waals surface area (Å²) in [4.78, 5) is 29.9. The Morgan fingerprint density at radius 3 is 2.21 bits per heavy atom. The molecule has 5 aromatic rings. The second-order valence-electron chi connectivity index (χ2n) is 11.5. The van der Waals surface area contributed by atoms with E-state index >= 15 is 0 Å². The standard InChI is InChI=1S/C35H38N6O/c1-5-41-33-30(20-32(34(41)42)28-10-8-26(9-11-28)29-7-6-24(4)36-21-29)22-37-35(39-33)38-31-14-12-25(13-15-31)27-16-18-40(19-17-27)23(2)3/h6-15,20-23,27H,5,16-19H2,1-4H3,(H,37,38,39). The van der Waals surface area contributed by atoms with Gasteiger partial charge in [-0.25, -0.2) is 4.98 Å². The Bertz CT molecular complexity index is 1730. The smallest absolute Gasteiger partial charge is 0.260 e. The summed E-state index contributed by atoms with van der Waals surface area (Å²) in [7, 11) is 0. The van der Waals surface area contributed by atoms with Gasteiger partial charge in [0.15, 0.2) is 0 Å². The first kappa shape index (κ1) is 27.8. The summed E-state index contributed by atoms with van der Waals surface area (Å²) in [6, 6.07) is 23.3. The number of aromatic nitrogens is 4. The number of rotatable bonds is 7. The molecule has 1 fully saturated rings. The average Bonchev–Trinajstić information content (AvgIpc) is 3.02. The van der Waals surface area contributed by atoms with Gasteiger partial charge in [-0.05, 0) is 100 Å². The van der Waals surface area contributed by atoms with E-state index in [1.165, 1.54) is 18.4 Å². The molecule has 0 bridgehead atoms. The lowest BCUT2D eigenvalue weighted by Gasteiger charge is -2.34. The number of piperidine rings is 1. The maximum absolute atomic E-state index is 13.6. The van der Waals surface area contributed by atoms with E-state index in [9.17, 15) is 4.79 Å². The van der Waals surface area contributed by atoms with Gasteiger partial charge in [0, 0.05) is 52.9 Å². The molecule has 3 aromatic heterocycles. The monoisotopic (exact) mass is 558 g/mol. The molecule has 7 nitrogen and oxygen atoms in total. The van der Waals surface area contributed by atoms with Gasteiger partial charge in [0.2, 0.25) is 5.95 Å². The number of pyridine rings is 2. The zero-order chi connectivity index (χ0) is 29.2. The first-order chi connectivity index (χ1) is 20.4. The van der Waals surface area contributed by atoms with Crippen LogP contribution in [0.4, 0.5) is 11.6 Å². The number of nitrogens with zero attached hydrogens (tertiary/aromatic N) is 5. The molecule has 1 saturated heterocycles. The number of aryl methyl sites for hydroxylation is 2. The number of hydrogen-bond acceptors (Lipinski definition) is 6. The number of anilines is 2. The lowest BCUT2D eigenvalue weighted by atomic mass is 9.89. The Morgan fingerprint density at radius 1 is 0.881 bits per heavy atom. The maximum atomic E-state index is 13.6. The van der Waals surface area contributed by atoms with Crippen LogP contribution < -0.4 is 10.9 Å². The van der Waals surface area contributed by atoms with Gasteiger partial charge in [0.05, 0.1) is 0 Å². The molecule has 0 saturated carbocycles. The Hall–Kier alpha value is -4.36. The van der Waals surface area contributed by atoms with Crippen molar-refractivity contribution in [2.75, 3.05) is 18.4 Å². The molecule has 7 heteroatoms. The molecular weight excluding hydrogens is 520 g/mol. The number of hydrogen-bond donors (Lipinski definition) is 1. The zero-order valence-corrected chi connectivity index (χ0v) is 24.8. The number of nitrogens with one attached hydrogen (secondary N) is 1. The van der Waals surface area contributed by atoms with E-state index < -0.39 is 0 Å². The third-order valence-corrected chi connectivity index (χ3v) is 8.48. The Morgan fingerprint density at radius 2 is 1.57 bits per heavy atom. The summed E-state index contributed by atoms with van der Waals surface area (Å²) in [6.45, 7) is 11.3. The fourth-order valence-electron chi connectivity index (χ4n) is 5.92. The maximum Gasteiger partial charge on any atom is 0.260 e. The molecule has 1 N–H and O–H groups in total. The van der Waals surface area contributed by atoms with E-state index in [4.69, 9.17) is 4.98 Å². The largest absolute Gasteiger partial charge is 0.324 e. The highest BCUT2D eigenvalue weighted by molar-refractivity contribution is 5.82. The number of benzene rings is 2. The van der Waals surface area contributed by atoms with Crippen molar-refractivity contribution in [3.63, 3.8) is 0 Å². The van der Waals surface area contributed by atoms with Crippen molar-refractivity contribution in [2.24, 2.45) is 0 Å². The van der Waals surface area contributed by atoms with Crippen molar-refractivity contribution < 1.29 is 0 Å². The molecule has 42 heavy (non-hydrogen) atoms. The Balaban J connectivity index is 1.22. The van der Waals surface area contributed by atoms with Gasteiger partial charge in [-0.1, -0.05) is 42.5 Å². The van der Waals surface area contributed by atoms with Crippen LogP contribution in [0.5, 0.6) is 0 Å². The summed E-state index contributed by atoms with van der Waals surface area (Å²) in [6.07, 6.45) is 6.06. The van der Waals surface area contributed by atoms with Crippen molar-refractivity contribution in [3.8, 4) is 22.3 Å². The van der Waals surface area contributed by atoms with E-state index in [0.717, 1.165) is 46.5 Å². The van der Waals surface area contributed by atoms with Gasteiger partial charge < -0.3 is 10.2 Å². The highest BCUT2D eigenvalue weighted by Crippen LogP contribution is 2.30. The number of likely N-dealkylation sites (tertiary alicyclic amines) is 1. The van der Waals surface area contributed by atoms with E-state index in [1.54, 1.807) is 10.8 Å². The van der Waals surface area contributed by atoms with Crippen molar-refractivity contribution in [3.05, 3.63) is 101 Å². The van der Waals surface area contributed by atoms with Crippen LogP contribution in [0.2, 0.25) is 0 Å². The first-order valence-corrected chi connectivity index (χ1v) is 14.9. The molecule has 6 rings (SSSR count). The van der Waals surface area contributed by atoms with Gasteiger partial charge in [-0.2, -0.15) is 4.98 Å². The minimum absolute atomic E-state index is 0.0627. The minimum Gasteiger partial charge on any atom is -0.324 e. The predicted molar refractivity (Wildman–Crippen MR) is 171 cm³/mol. The Kier molecular flexibility index (Phi) is 7.85. The fraction of sp³-hybridized carbons (Fsp3) is 0.314.